The monoisotopic (exact) mass is 371 g/mol. The lowest BCUT2D eigenvalue weighted by Gasteiger charge is -2.31. The summed E-state index contributed by atoms with van der Waals surface area (Å²) in [4.78, 5) is 30.5. The topological polar surface area (TPSA) is 62.3 Å². The molecule has 1 aliphatic heterocycles. The summed E-state index contributed by atoms with van der Waals surface area (Å²) in [6.45, 7) is 2.43. The van der Waals surface area contributed by atoms with E-state index in [0.29, 0.717) is 16.9 Å². The van der Waals surface area contributed by atoms with Crippen LogP contribution >= 0.6 is 0 Å². The normalized spacial score (nSPS) is 13.0. The van der Waals surface area contributed by atoms with Gasteiger partial charge in [0.25, 0.3) is 5.91 Å². The zero-order valence-corrected chi connectivity index (χ0v) is 15.7. The van der Waals surface area contributed by atoms with Crippen molar-refractivity contribution in [2.24, 2.45) is 0 Å². The number of nitrogens with zero attached hydrogens (tertiary/aromatic N) is 2. The van der Waals surface area contributed by atoms with Crippen LogP contribution in [0.15, 0.2) is 66.9 Å². The molecule has 0 saturated heterocycles. The molecule has 0 bridgehead atoms. The summed E-state index contributed by atoms with van der Waals surface area (Å²) in [6, 6.07) is 19.0. The van der Waals surface area contributed by atoms with Crippen LogP contribution < -0.4 is 10.2 Å². The molecule has 0 radical (unpaired) electrons. The Kier molecular flexibility index (Phi) is 4.89. The summed E-state index contributed by atoms with van der Waals surface area (Å²) in [5.41, 5.74) is 5.07. The fraction of sp³-hybridized carbons (Fsp3) is 0.174. The lowest BCUT2D eigenvalue weighted by Crippen LogP contribution is -2.25. The smallest absolute Gasteiger partial charge is 0.274 e. The van der Waals surface area contributed by atoms with Crippen LogP contribution in [0.1, 0.15) is 39.8 Å². The van der Waals surface area contributed by atoms with Gasteiger partial charge in [0.15, 0.2) is 5.78 Å². The standard InChI is InChI=1S/C23H21N3O2/c1-16(27)17-8-10-19(11-9-17)25-23(28)21-15-20(12-13-24-21)26-14-4-6-18-5-2-3-7-22(18)26/h2-3,5,7-13,15H,4,6,14H2,1H3,(H,25,28). The van der Waals surface area contributed by atoms with Crippen LogP contribution in [0.3, 0.4) is 0 Å². The summed E-state index contributed by atoms with van der Waals surface area (Å²) in [7, 11) is 0. The van der Waals surface area contributed by atoms with Gasteiger partial charge in [-0.15, -0.1) is 0 Å². The van der Waals surface area contributed by atoms with E-state index in [1.165, 1.54) is 18.2 Å². The molecule has 1 amide bonds. The maximum absolute atomic E-state index is 12.7. The van der Waals surface area contributed by atoms with Crippen LogP contribution in [0.25, 0.3) is 0 Å². The van der Waals surface area contributed by atoms with Gasteiger partial charge in [-0.2, -0.15) is 0 Å². The van der Waals surface area contributed by atoms with E-state index < -0.39 is 0 Å². The first-order chi connectivity index (χ1) is 13.6. The molecule has 0 spiro atoms. The number of hydrogen-bond donors (Lipinski definition) is 1. The number of anilines is 3. The van der Waals surface area contributed by atoms with Gasteiger partial charge in [-0.3, -0.25) is 14.6 Å². The first kappa shape index (κ1) is 17.9. The quantitative estimate of drug-likeness (QED) is 0.680. The van der Waals surface area contributed by atoms with E-state index in [9.17, 15) is 9.59 Å². The number of aromatic nitrogens is 1. The van der Waals surface area contributed by atoms with Gasteiger partial charge in [-0.05, 0) is 67.8 Å². The van der Waals surface area contributed by atoms with Crippen molar-refractivity contribution >= 4 is 28.8 Å². The molecule has 0 atom stereocenters. The molecule has 0 unspecified atom stereocenters. The second kappa shape index (κ2) is 7.64. The molecule has 4 rings (SSSR count). The third-order valence-electron chi connectivity index (χ3n) is 4.95. The van der Waals surface area contributed by atoms with E-state index in [4.69, 9.17) is 0 Å². The Bertz CT molecular complexity index is 1030. The minimum Gasteiger partial charge on any atom is -0.341 e. The average Bonchev–Trinajstić information content (AvgIpc) is 2.74. The van der Waals surface area contributed by atoms with Crippen LogP contribution in [0.5, 0.6) is 0 Å². The van der Waals surface area contributed by atoms with Crippen molar-refractivity contribution in [2.45, 2.75) is 19.8 Å². The van der Waals surface area contributed by atoms with Crippen molar-refractivity contribution in [1.82, 2.24) is 4.98 Å². The molecule has 5 heteroatoms. The molecule has 3 aromatic rings. The fourth-order valence-corrected chi connectivity index (χ4v) is 3.50. The highest BCUT2D eigenvalue weighted by molar-refractivity contribution is 6.03. The third kappa shape index (κ3) is 3.64. The van der Waals surface area contributed by atoms with Crippen LogP contribution in [0.4, 0.5) is 17.1 Å². The van der Waals surface area contributed by atoms with Gasteiger partial charge < -0.3 is 10.2 Å². The van der Waals surface area contributed by atoms with Gasteiger partial charge in [-0.1, -0.05) is 18.2 Å². The summed E-state index contributed by atoms with van der Waals surface area (Å²) < 4.78 is 0. The lowest BCUT2D eigenvalue weighted by atomic mass is 10.0. The minimum absolute atomic E-state index is 0.00550. The Labute approximate surface area is 164 Å². The molecule has 5 nitrogen and oxygen atoms in total. The Hall–Kier alpha value is -3.47. The number of para-hydroxylation sites is 1. The number of pyridine rings is 1. The van der Waals surface area contributed by atoms with E-state index in [0.717, 1.165) is 25.1 Å². The van der Waals surface area contributed by atoms with Crippen LogP contribution in [-0.4, -0.2) is 23.2 Å². The molecule has 0 saturated carbocycles. The van der Waals surface area contributed by atoms with Crippen molar-refractivity contribution < 1.29 is 9.59 Å². The number of carbonyl (C=O) groups excluding carboxylic acids is 2. The zero-order chi connectivity index (χ0) is 19.5. The maximum Gasteiger partial charge on any atom is 0.274 e. The van der Waals surface area contributed by atoms with Crippen molar-refractivity contribution in [3.8, 4) is 0 Å². The molecule has 2 heterocycles. The predicted octanol–water partition coefficient (Wildman–Crippen LogP) is 4.62. The summed E-state index contributed by atoms with van der Waals surface area (Å²) in [5.74, 6) is -0.281. The molecule has 28 heavy (non-hydrogen) atoms. The zero-order valence-electron chi connectivity index (χ0n) is 15.7. The highest BCUT2D eigenvalue weighted by Crippen LogP contribution is 2.33. The van der Waals surface area contributed by atoms with Gasteiger partial charge in [0.1, 0.15) is 5.69 Å². The number of rotatable bonds is 4. The molecular formula is C23H21N3O2. The number of nitrogens with one attached hydrogen (secondary N) is 1. The summed E-state index contributed by atoms with van der Waals surface area (Å²) >= 11 is 0. The van der Waals surface area contributed by atoms with Gasteiger partial charge in [0.2, 0.25) is 0 Å². The Balaban J connectivity index is 1.56. The lowest BCUT2D eigenvalue weighted by molar-refractivity contribution is 0.101. The number of amides is 1. The maximum atomic E-state index is 12.7. The van der Waals surface area contributed by atoms with E-state index in [1.807, 2.05) is 18.2 Å². The van der Waals surface area contributed by atoms with Crippen LogP contribution in [-0.2, 0) is 6.42 Å². The highest BCUT2D eigenvalue weighted by Gasteiger charge is 2.19. The van der Waals surface area contributed by atoms with Gasteiger partial charge in [-0.25, -0.2) is 0 Å². The van der Waals surface area contributed by atoms with Crippen molar-refractivity contribution in [3.63, 3.8) is 0 Å². The van der Waals surface area contributed by atoms with Gasteiger partial charge in [0, 0.05) is 35.4 Å². The summed E-state index contributed by atoms with van der Waals surface area (Å²) in [6.07, 6.45) is 3.81. The number of benzene rings is 2. The van der Waals surface area contributed by atoms with Crippen LogP contribution in [0.2, 0.25) is 0 Å². The number of ketones is 1. The van der Waals surface area contributed by atoms with Crippen molar-refractivity contribution in [2.75, 3.05) is 16.8 Å². The average molecular weight is 371 g/mol. The molecule has 2 aromatic carbocycles. The minimum atomic E-state index is -0.275. The number of Topliss-reactive ketones (excluding diaryl/α,β-unsaturated/α-hetero) is 1. The van der Waals surface area contributed by atoms with E-state index in [2.05, 4.69) is 33.4 Å². The first-order valence-corrected chi connectivity index (χ1v) is 9.36. The number of carbonyl (C=O) groups is 2. The van der Waals surface area contributed by atoms with E-state index in [1.54, 1.807) is 30.5 Å². The van der Waals surface area contributed by atoms with Crippen molar-refractivity contribution in [1.29, 1.82) is 0 Å². The predicted molar refractivity (Wildman–Crippen MR) is 110 cm³/mol. The number of fused-ring (bicyclic) bond motifs is 1. The number of hydrogen-bond acceptors (Lipinski definition) is 4. The Morgan fingerprint density at radius 3 is 2.61 bits per heavy atom. The molecule has 0 fully saturated rings. The largest absolute Gasteiger partial charge is 0.341 e. The second-order valence-electron chi connectivity index (χ2n) is 6.87. The first-order valence-electron chi connectivity index (χ1n) is 9.36. The summed E-state index contributed by atoms with van der Waals surface area (Å²) in [5, 5.41) is 2.84. The number of aryl methyl sites for hydroxylation is 1. The molecule has 1 aromatic heterocycles. The van der Waals surface area contributed by atoms with Gasteiger partial charge in [0.05, 0.1) is 0 Å². The third-order valence-corrected chi connectivity index (χ3v) is 4.95. The SMILES string of the molecule is CC(=O)c1ccc(NC(=O)c2cc(N3CCCc4ccccc43)ccn2)cc1. The molecule has 1 aliphatic rings. The molecule has 140 valence electrons. The van der Waals surface area contributed by atoms with E-state index >= 15 is 0 Å². The Morgan fingerprint density at radius 2 is 1.82 bits per heavy atom. The molecule has 1 N–H and O–H groups in total. The van der Waals surface area contributed by atoms with E-state index in [-0.39, 0.29) is 11.7 Å². The van der Waals surface area contributed by atoms with Gasteiger partial charge >= 0.3 is 0 Å². The molecule has 0 aliphatic carbocycles. The Morgan fingerprint density at radius 1 is 1.04 bits per heavy atom. The fourth-order valence-electron chi connectivity index (χ4n) is 3.50. The second-order valence-corrected chi connectivity index (χ2v) is 6.87. The van der Waals surface area contributed by atoms with Crippen molar-refractivity contribution in [3.05, 3.63) is 83.7 Å². The highest BCUT2D eigenvalue weighted by atomic mass is 16.2. The van der Waals surface area contributed by atoms with Crippen LogP contribution in [0, 0.1) is 0 Å². The molecular weight excluding hydrogens is 350 g/mol.